The molecule has 1 aromatic rings. The molecule has 2 aliphatic rings. The number of Topliss-reactive ketones (excluding diaryl/α,β-unsaturated/α-hetero) is 1. The molecule has 0 aliphatic heterocycles. The van der Waals surface area contributed by atoms with E-state index in [1.165, 1.54) is 6.42 Å². The van der Waals surface area contributed by atoms with Crippen molar-refractivity contribution in [3.63, 3.8) is 0 Å². The zero-order valence-electron chi connectivity index (χ0n) is 15.1. The van der Waals surface area contributed by atoms with Gasteiger partial charge >= 0.3 is 5.97 Å². The number of hydrogen-bond donors (Lipinski definition) is 0. The zero-order chi connectivity index (χ0) is 17.8. The minimum Gasteiger partial charge on any atom is -0.457 e. The largest absolute Gasteiger partial charge is 0.457 e. The van der Waals surface area contributed by atoms with Gasteiger partial charge in [-0.1, -0.05) is 20.3 Å². The lowest BCUT2D eigenvalue weighted by molar-refractivity contribution is -0.154. The van der Waals surface area contributed by atoms with Gasteiger partial charge < -0.3 is 4.74 Å². The second-order valence-corrected chi connectivity index (χ2v) is 7.87. The van der Waals surface area contributed by atoms with Crippen LogP contribution in [0.25, 0.3) is 0 Å². The highest BCUT2D eigenvalue weighted by atomic mass is 16.5. The molecule has 7 heteroatoms. The van der Waals surface area contributed by atoms with Crippen LogP contribution in [0.5, 0.6) is 0 Å². The van der Waals surface area contributed by atoms with Crippen molar-refractivity contribution in [1.29, 1.82) is 0 Å². The molecule has 0 bridgehead atoms. The van der Waals surface area contributed by atoms with E-state index in [2.05, 4.69) is 29.4 Å². The van der Waals surface area contributed by atoms with Gasteiger partial charge in [-0.2, -0.15) is 0 Å². The quantitative estimate of drug-likeness (QED) is 0.760. The Hall–Kier alpha value is -1.79. The number of tetrazole rings is 1. The second-order valence-electron chi connectivity index (χ2n) is 7.87. The van der Waals surface area contributed by atoms with Crippen molar-refractivity contribution in [2.45, 2.75) is 64.8 Å². The maximum Gasteiger partial charge on any atom is 0.309 e. The van der Waals surface area contributed by atoms with Crippen LogP contribution in [0.2, 0.25) is 0 Å². The van der Waals surface area contributed by atoms with Crippen LogP contribution in [0.3, 0.4) is 0 Å². The first kappa shape index (κ1) is 18.0. The highest BCUT2D eigenvalue weighted by Crippen LogP contribution is 2.35. The van der Waals surface area contributed by atoms with Crippen molar-refractivity contribution in [3.05, 3.63) is 6.33 Å². The van der Waals surface area contributed by atoms with Gasteiger partial charge in [0.1, 0.15) is 12.9 Å². The molecule has 1 heterocycles. The van der Waals surface area contributed by atoms with Gasteiger partial charge in [-0.3, -0.25) is 9.59 Å². The van der Waals surface area contributed by atoms with Crippen LogP contribution >= 0.6 is 0 Å². The zero-order valence-corrected chi connectivity index (χ0v) is 15.1. The molecule has 2 aliphatic carbocycles. The van der Waals surface area contributed by atoms with Gasteiger partial charge in [0.15, 0.2) is 5.78 Å². The van der Waals surface area contributed by atoms with E-state index in [4.69, 9.17) is 4.74 Å². The Morgan fingerprint density at radius 2 is 1.88 bits per heavy atom. The molecule has 0 radical (unpaired) electrons. The molecule has 138 valence electrons. The Bertz CT molecular complexity index is 581. The Balaban J connectivity index is 1.43. The fraction of sp³-hybridized carbons (Fsp3) is 0.833. The Morgan fingerprint density at radius 3 is 2.56 bits per heavy atom. The molecule has 3 unspecified atom stereocenters. The molecule has 0 amide bonds. The Labute approximate surface area is 148 Å². The number of nitrogens with zero attached hydrogens (tertiary/aromatic N) is 4. The van der Waals surface area contributed by atoms with Gasteiger partial charge in [-0.15, -0.1) is 5.10 Å². The lowest BCUT2D eigenvalue weighted by Crippen LogP contribution is -2.33. The molecular weight excluding hydrogens is 320 g/mol. The monoisotopic (exact) mass is 348 g/mol. The highest BCUT2D eigenvalue weighted by molar-refractivity contribution is 5.85. The molecule has 2 fully saturated rings. The SMILES string of the molecule is CC1CCC(C)C(C(=O)COC(=O)C2CCC(n3cnnn3)CC2)C1. The van der Waals surface area contributed by atoms with Crippen LogP contribution < -0.4 is 0 Å². The standard InChI is InChI=1S/C18H28N4O3/c1-12-3-4-13(2)16(9-12)17(23)10-25-18(24)14-5-7-15(8-6-14)22-11-19-20-21-22/h11-16H,3-10H2,1-2H3. The summed E-state index contributed by atoms with van der Waals surface area (Å²) in [6.45, 7) is 4.27. The van der Waals surface area contributed by atoms with Crippen molar-refractivity contribution in [2.24, 2.45) is 23.7 Å². The number of hydrogen-bond acceptors (Lipinski definition) is 6. The van der Waals surface area contributed by atoms with Crippen molar-refractivity contribution in [2.75, 3.05) is 6.61 Å². The molecular formula is C18H28N4O3. The summed E-state index contributed by atoms with van der Waals surface area (Å²) in [5.74, 6) is 0.793. The first-order valence-corrected chi connectivity index (χ1v) is 9.46. The maximum absolute atomic E-state index is 12.4. The van der Waals surface area contributed by atoms with Crippen LogP contribution in [-0.4, -0.2) is 38.6 Å². The van der Waals surface area contributed by atoms with Crippen LogP contribution in [-0.2, 0) is 14.3 Å². The normalized spacial score (nSPS) is 33.0. The summed E-state index contributed by atoms with van der Waals surface area (Å²) in [5.41, 5.74) is 0. The molecule has 1 aromatic heterocycles. The van der Waals surface area contributed by atoms with Crippen LogP contribution in [0, 0.1) is 23.7 Å². The molecule has 0 N–H and O–H groups in total. The fourth-order valence-electron chi connectivity index (χ4n) is 4.26. The number of ether oxygens (including phenoxy) is 1. The van der Waals surface area contributed by atoms with Crippen molar-refractivity contribution >= 4 is 11.8 Å². The predicted octanol–water partition coefficient (Wildman–Crippen LogP) is 2.59. The van der Waals surface area contributed by atoms with Gasteiger partial charge in [0.25, 0.3) is 0 Å². The summed E-state index contributed by atoms with van der Waals surface area (Å²) < 4.78 is 7.13. The minimum atomic E-state index is -0.222. The van der Waals surface area contributed by atoms with E-state index in [1.807, 2.05) is 0 Å². The third kappa shape index (κ3) is 4.44. The first-order valence-electron chi connectivity index (χ1n) is 9.46. The fourth-order valence-corrected chi connectivity index (χ4v) is 4.26. The minimum absolute atomic E-state index is 0.0482. The van der Waals surface area contributed by atoms with Crippen LogP contribution in [0.15, 0.2) is 6.33 Å². The van der Waals surface area contributed by atoms with Gasteiger partial charge in [-0.25, -0.2) is 4.68 Å². The van der Waals surface area contributed by atoms with E-state index in [0.29, 0.717) is 11.8 Å². The highest BCUT2D eigenvalue weighted by Gasteiger charge is 2.33. The number of ketones is 1. The van der Waals surface area contributed by atoms with E-state index in [-0.39, 0.29) is 36.2 Å². The summed E-state index contributed by atoms with van der Waals surface area (Å²) >= 11 is 0. The smallest absolute Gasteiger partial charge is 0.309 e. The number of carbonyl (C=O) groups excluding carboxylic acids is 2. The van der Waals surface area contributed by atoms with Crippen LogP contribution in [0.1, 0.15) is 64.8 Å². The number of rotatable bonds is 5. The molecule has 3 rings (SSSR count). The van der Waals surface area contributed by atoms with E-state index in [9.17, 15) is 9.59 Å². The van der Waals surface area contributed by atoms with E-state index >= 15 is 0 Å². The summed E-state index contributed by atoms with van der Waals surface area (Å²) in [6, 6.07) is 0.255. The van der Waals surface area contributed by atoms with Gasteiger partial charge in [-0.05, 0) is 60.8 Å². The van der Waals surface area contributed by atoms with Gasteiger partial charge in [0, 0.05) is 5.92 Å². The number of esters is 1. The molecule has 3 atom stereocenters. The number of carbonyl (C=O) groups is 2. The lowest BCUT2D eigenvalue weighted by atomic mass is 9.74. The average Bonchev–Trinajstić information content (AvgIpc) is 3.16. The summed E-state index contributed by atoms with van der Waals surface area (Å²) in [4.78, 5) is 24.7. The number of aromatic nitrogens is 4. The van der Waals surface area contributed by atoms with Gasteiger partial charge in [0.2, 0.25) is 0 Å². The second kappa shape index (κ2) is 8.06. The first-order chi connectivity index (χ1) is 12.0. The third-order valence-corrected chi connectivity index (χ3v) is 6.00. The topological polar surface area (TPSA) is 87.0 Å². The van der Waals surface area contributed by atoms with Crippen molar-refractivity contribution in [1.82, 2.24) is 20.2 Å². The van der Waals surface area contributed by atoms with Crippen molar-refractivity contribution < 1.29 is 14.3 Å². The molecule has 0 saturated heterocycles. The predicted molar refractivity (Wildman–Crippen MR) is 90.4 cm³/mol. The summed E-state index contributed by atoms with van der Waals surface area (Å²) in [7, 11) is 0. The summed E-state index contributed by atoms with van der Waals surface area (Å²) in [5, 5.41) is 11.2. The molecule has 7 nitrogen and oxygen atoms in total. The van der Waals surface area contributed by atoms with Crippen molar-refractivity contribution in [3.8, 4) is 0 Å². The van der Waals surface area contributed by atoms with E-state index < -0.39 is 0 Å². The lowest BCUT2D eigenvalue weighted by Gasteiger charge is -2.31. The molecule has 0 aromatic carbocycles. The van der Waals surface area contributed by atoms with E-state index in [0.717, 1.165) is 38.5 Å². The van der Waals surface area contributed by atoms with Crippen LogP contribution in [0.4, 0.5) is 0 Å². The van der Waals surface area contributed by atoms with E-state index in [1.54, 1.807) is 11.0 Å². The molecule has 2 saturated carbocycles. The third-order valence-electron chi connectivity index (χ3n) is 6.00. The summed E-state index contributed by atoms with van der Waals surface area (Å²) in [6.07, 6.45) is 8.06. The Kier molecular flexibility index (Phi) is 5.81. The van der Waals surface area contributed by atoms with Gasteiger partial charge in [0.05, 0.1) is 12.0 Å². The molecule has 0 spiro atoms. The Morgan fingerprint density at radius 1 is 1.12 bits per heavy atom. The average molecular weight is 348 g/mol. The molecule has 25 heavy (non-hydrogen) atoms. The maximum atomic E-state index is 12.4.